The average Bonchev–Trinajstić information content (AvgIpc) is 2.72. The molecule has 74 valence electrons. The van der Waals surface area contributed by atoms with Crippen LogP contribution in [0.3, 0.4) is 0 Å². The van der Waals surface area contributed by atoms with E-state index in [1.54, 1.807) is 11.0 Å². The molecular weight excluding hydrogens is 198 g/mol. The largest absolute Gasteiger partial charge is 0.306 e. The maximum atomic E-state index is 5.03. The van der Waals surface area contributed by atoms with Gasteiger partial charge in [0, 0.05) is 19.8 Å². The summed E-state index contributed by atoms with van der Waals surface area (Å²) in [6.45, 7) is 0.834. The van der Waals surface area contributed by atoms with Crippen molar-refractivity contribution in [1.82, 2.24) is 24.5 Å². The van der Waals surface area contributed by atoms with E-state index in [4.69, 9.17) is 12.2 Å². The number of nitrogens with zero attached hydrogens (tertiary/aromatic N) is 4. The van der Waals surface area contributed by atoms with Gasteiger partial charge in [-0.25, -0.2) is 0 Å². The van der Waals surface area contributed by atoms with E-state index in [-0.39, 0.29) is 0 Å². The molecule has 6 heteroatoms. The molecule has 14 heavy (non-hydrogen) atoms. The Kier molecular flexibility index (Phi) is 2.45. The van der Waals surface area contributed by atoms with E-state index in [2.05, 4.69) is 15.3 Å². The van der Waals surface area contributed by atoms with Gasteiger partial charge in [0.1, 0.15) is 6.33 Å². The molecule has 0 aliphatic heterocycles. The van der Waals surface area contributed by atoms with Crippen LogP contribution in [0.5, 0.6) is 0 Å². The first-order valence-corrected chi connectivity index (χ1v) is 4.74. The first-order valence-electron chi connectivity index (χ1n) is 4.33. The van der Waals surface area contributed by atoms with Crippen molar-refractivity contribution in [1.29, 1.82) is 0 Å². The minimum atomic E-state index is 0.661. The summed E-state index contributed by atoms with van der Waals surface area (Å²) in [5.41, 5.74) is 1.20. The number of nitrogens with one attached hydrogen (secondary N) is 1. The second-order valence-electron chi connectivity index (χ2n) is 3.13. The van der Waals surface area contributed by atoms with Gasteiger partial charge in [-0.15, -0.1) is 0 Å². The lowest BCUT2D eigenvalue weighted by molar-refractivity contribution is 0.684. The van der Waals surface area contributed by atoms with Crippen LogP contribution < -0.4 is 0 Å². The van der Waals surface area contributed by atoms with E-state index >= 15 is 0 Å². The second kappa shape index (κ2) is 3.75. The monoisotopic (exact) mass is 209 g/mol. The Morgan fingerprint density at radius 1 is 1.57 bits per heavy atom. The third kappa shape index (κ3) is 1.90. The Bertz CT molecular complexity index is 466. The standard InChI is InChI=1S/C8H11N5S/c1-12-5-7(4-10-12)2-3-13-6-9-11-8(13)14/h4-6H,2-3H2,1H3,(H,11,14). The fourth-order valence-electron chi connectivity index (χ4n) is 1.28. The minimum Gasteiger partial charge on any atom is -0.306 e. The van der Waals surface area contributed by atoms with E-state index in [1.165, 1.54) is 5.56 Å². The number of aryl methyl sites for hydroxylation is 3. The number of rotatable bonds is 3. The van der Waals surface area contributed by atoms with Gasteiger partial charge in [0.05, 0.1) is 6.20 Å². The Morgan fingerprint density at radius 2 is 2.43 bits per heavy atom. The van der Waals surface area contributed by atoms with Gasteiger partial charge in [0.2, 0.25) is 0 Å². The molecule has 0 aliphatic carbocycles. The summed E-state index contributed by atoms with van der Waals surface area (Å²) in [6.07, 6.45) is 6.49. The first kappa shape index (κ1) is 9.14. The molecule has 0 aromatic carbocycles. The molecule has 2 heterocycles. The van der Waals surface area contributed by atoms with Gasteiger partial charge in [-0.05, 0) is 24.2 Å². The summed E-state index contributed by atoms with van der Waals surface area (Å²) in [5.74, 6) is 0. The molecule has 0 fully saturated rings. The van der Waals surface area contributed by atoms with Crippen molar-refractivity contribution in [3.63, 3.8) is 0 Å². The Labute approximate surface area is 86.4 Å². The lowest BCUT2D eigenvalue weighted by Gasteiger charge is -1.97. The van der Waals surface area contributed by atoms with Crippen molar-refractivity contribution in [2.45, 2.75) is 13.0 Å². The van der Waals surface area contributed by atoms with Crippen LogP contribution in [0.25, 0.3) is 0 Å². The van der Waals surface area contributed by atoms with Crippen molar-refractivity contribution < 1.29 is 0 Å². The smallest absolute Gasteiger partial charge is 0.194 e. The number of H-pyrrole nitrogens is 1. The highest BCUT2D eigenvalue weighted by atomic mass is 32.1. The zero-order chi connectivity index (χ0) is 9.97. The van der Waals surface area contributed by atoms with Crippen molar-refractivity contribution in [2.75, 3.05) is 0 Å². The lowest BCUT2D eigenvalue weighted by atomic mass is 10.2. The van der Waals surface area contributed by atoms with Gasteiger partial charge in [0.15, 0.2) is 4.77 Å². The maximum Gasteiger partial charge on any atom is 0.194 e. The van der Waals surface area contributed by atoms with E-state index in [0.29, 0.717) is 4.77 Å². The molecule has 2 rings (SSSR count). The first-order chi connectivity index (χ1) is 6.75. The van der Waals surface area contributed by atoms with Gasteiger partial charge < -0.3 is 4.57 Å². The molecule has 2 aromatic heterocycles. The van der Waals surface area contributed by atoms with Crippen LogP contribution in [-0.4, -0.2) is 24.5 Å². The third-order valence-corrected chi connectivity index (χ3v) is 2.34. The Morgan fingerprint density at radius 3 is 3.00 bits per heavy atom. The highest BCUT2D eigenvalue weighted by Gasteiger charge is 1.98. The fourth-order valence-corrected chi connectivity index (χ4v) is 1.47. The number of aromatic amines is 1. The van der Waals surface area contributed by atoms with Crippen LogP contribution in [0, 0.1) is 4.77 Å². The molecule has 2 aromatic rings. The van der Waals surface area contributed by atoms with Crippen LogP contribution in [0.2, 0.25) is 0 Å². The molecule has 0 spiro atoms. The van der Waals surface area contributed by atoms with Crippen LogP contribution in [0.1, 0.15) is 5.56 Å². The summed E-state index contributed by atoms with van der Waals surface area (Å²) in [4.78, 5) is 0. The molecule has 0 saturated heterocycles. The predicted molar refractivity (Wildman–Crippen MR) is 54.3 cm³/mol. The van der Waals surface area contributed by atoms with Gasteiger partial charge in [-0.1, -0.05) is 0 Å². The molecule has 5 nitrogen and oxygen atoms in total. The zero-order valence-corrected chi connectivity index (χ0v) is 8.66. The number of aromatic nitrogens is 5. The highest BCUT2D eigenvalue weighted by Crippen LogP contribution is 2.00. The van der Waals surface area contributed by atoms with Crippen LogP contribution >= 0.6 is 12.2 Å². The summed E-state index contributed by atoms with van der Waals surface area (Å²) in [6, 6.07) is 0. The number of hydrogen-bond donors (Lipinski definition) is 1. The zero-order valence-electron chi connectivity index (χ0n) is 7.84. The topological polar surface area (TPSA) is 51.4 Å². The van der Waals surface area contributed by atoms with Crippen LogP contribution in [0.15, 0.2) is 18.7 Å². The van der Waals surface area contributed by atoms with Crippen molar-refractivity contribution >= 4 is 12.2 Å². The van der Waals surface area contributed by atoms with Crippen molar-refractivity contribution in [3.05, 3.63) is 29.1 Å². The fraction of sp³-hybridized carbons (Fsp3) is 0.375. The second-order valence-corrected chi connectivity index (χ2v) is 3.51. The van der Waals surface area contributed by atoms with Gasteiger partial charge in [0.25, 0.3) is 0 Å². The number of hydrogen-bond acceptors (Lipinski definition) is 3. The predicted octanol–water partition coefficient (Wildman–Crippen LogP) is 0.917. The lowest BCUT2D eigenvalue weighted by Crippen LogP contribution is -1.99. The van der Waals surface area contributed by atoms with Gasteiger partial charge in [-0.3, -0.25) is 9.78 Å². The molecule has 0 atom stereocenters. The third-order valence-electron chi connectivity index (χ3n) is 2.02. The van der Waals surface area contributed by atoms with Crippen LogP contribution in [0.4, 0.5) is 0 Å². The van der Waals surface area contributed by atoms with E-state index in [9.17, 15) is 0 Å². The summed E-state index contributed by atoms with van der Waals surface area (Å²) < 4.78 is 4.36. The van der Waals surface area contributed by atoms with E-state index in [0.717, 1.165) is 13.0 Å². The Balaban J connectivity index is 2.01. The molecule has 0 aliphatic rings. The summed E-state index contributed by atoms with van der Waals surface area (Å²) in [7, 11) is 1.91. The van der Waals surface area contributed by atoms with E-state index < -0.39 is 0 Å². The van der Waals surface area contributed by atoms with Gasteiger partial charge in [-0.2, -0.15) is 10.2 Å². The van der Waals surface area contributed by atoms with Crippen molar-refractivity contribution in [3.8, 4) is 0 Å². The van der Waals surface area contributed by atoms with Gasteiger partial charge >= 0.3 is 0 Å². The molecule has 0 saturated carbocycles. The summed E-state index contributed by atoms with van der Waals surface area (Å²) >= 11 is 5.03. The average molecular weight is 209 g/mol. The minimum absolute atomic E-state index is 0.661. The highest BCUT2D eigenvalue weighted by molar-refractivity contribution is 7.71. The molecule has 0 bridgehead atoms. The van der Waals surface area contributed by atoms with Crippen molar-refractivity contribution in [2.24, 2.45) is 7.05 Å². The Hall–Kier alpha value is -1.43. The molecular formula is C8H11N5S. The quantitative estimate of drug-likeness (QED) is 0.765. The molecule has 0 radical (unpaired) electrons. The molecule has 1 N–H and O–H groups in total. The normalized spacial score (nSPS) is 10.6. The van der Waals surface area contributed by atoms with Crippen LogP contribution in [-0.2, 0) is 20.0 Å². The van der Waals surface area contributed by atoms with E-state index in [1.807, 2.05) is 24.0 Å². The molecule has 0 amide bonds. The molecule has 0 unspecified atom stereocenters. The summed E-state index contributed by atoms with van der Waals surface area (Å²) in [5, 5.41) is 10.7. The SMILES string of the molecule is Cn1cc(CCn2cn[nH]c2=S)cn1. The maximum absolute atomic E-state index is 5.03.